The minimum Gasteiger partial charge on any atom is -0.325 e. The van der Waals surface area contributed by atoms with Crippen LogP contribution in [0.5, 0.6) is 0 Å². The molecule has 0 fully saturated rings. The summed E-state index contributed by atoms with van der Waals surface area (Å²) in [4.78, 5) is 15.9. The van der Waals surface area contributed by atoms with Crippen LogP contribution in [0.25, 0.3) is 0 Å². The van der Waals surface area contributed by atoms with E-state index in [1.54, 1.807) is 0 Å². The third-order valence-corrected chi connectivity index (χ3v) is 4.87. The number of aromatic nitrogens is 2. The zero-order valence-electron chi connectivity index (χ0n) is 11.2. The normalized spacial score (nSPS) is 11.5. The summed E-state index contributed by atoms with van der Waals surface area (Å²) in [6, 6.07) is 4.52. The van der Waals surface area contributed by atoms with Crippen LogP contribution in [0.3, 0.4) is 0 Å². The molecule has 1 heterocycles. The number of halogens is 3. The third kappa shape index (κ3) is 4.89. The number of hydrogen-bond acceptors (Lipinski definition) is 6. The Balaban J connectivity index is 1.92. The summed E-state index contributed by atoms with van der Waals surface area (Å²) in [7, 11) is 0. The highest BCUT2D eigenvalue weighted by Crippen LogP contribution is 2.30. The molecule has 118 valence electrons. The van der Waals surface area contributed by atoms with Gasteiger partial charge in [-0.1, -0.05) is 29.6 Å². The molecule has 1 amide bonds. The number of alkyl halides is 3. The van der Waals surface area contributed by atoms with Crippen molar-refractivity contribution in [1.82, 2.24) is 9.36 Å². The molecule has 0 bridgehead atoms. The van der Waals surface area contributed by atoms with Gasteiger partial charge in [-0.15, -0.1) is 0 Å². The summed E-state index contributed by atoms with van der Waals surface area (Å²) in [5, 5.41) is 3.07. The van der Waals surface area contributed by atoms with Crippen LogP contribution in [0.4, 0.5) is 18.9 Å². The Labute approximate surface area is 137 Å². The molecule has 2 rings (SSSR count). The summed E-state index contributed by atoms with van der Waals surface area (Å²) in [6.45, 7) is 0. The molecule has 0 spiro atoms. The number of hydrogen-bond donors (Lipinski definition) is 1. The van der Waals surface area contributed by atoms with Gasteiger partial charge < -0.3 is 5.32 Å². The maximum Gasteiger partial charge on any atom is 0.416 e. The minimum atomic E-state index is -4.43. The van der Waals surface area contributed by atoms with E-state index in [2.05, 4.69) is 14.7 Å². The lowest BCUT2D eigenvalue weighted by Gasteiger charge is -2.09. The smallest absolute Gasteiger partial charge is 0.325 e. The lowest BCUT2D eigenvalue weighted by molar-refractivity contribution is -0.137. The van der Waals surface area contributed by atoms with Crippen LogP contribution in [0.1, 0.15) is 5.56 Å². The SMILES string of the molecule is CSc1nsc(SCC(=O)Nc2cccc(C(F)(F)F)c2)n1. The molecule has 0 saturated carbocycles. The number of benzene rings is 1. The first-order valence-corrected chi connectivity index (χ1v) is 8.84. The largest absolute Gasteiger partial charge is 0.416 e. The molecule has 0 unspecified atom stereocenters. The Bertz CT molecular complexity index is 660. The molecule has 1 aromatic carbocycles. The van der Waals surface area contributed by atoms with Crippen molar-refractivity contribution in [3.63, 3.8) is 0 Å². The maximum absolute atomic E-state index is 12.6. The molecular formula is C12H10F3N3OS3. The molecule has 22 heavy (non-hydrogen) atoms. The van der Waals surface area contributed by atoms with Crippen molar-refractivity contribution >= 4 is 46.7 Å². The fourth-order valence-electron chi connectivity index (χ4n) is 1.44. The van der Waals surface area contributed by atoms with E-state index >= 15 is 0 Å². The number of nitrogens with zero attached hydrogens (tertiary/aromatic N) is 2. The lowest BCUT2D eigenvalue weighted by Crippen LogP contribution is -2.15. The molecule has 1 N–H and O–H groups in total. The van der Waals surface area contributed by atoms with Crippen LogP contribution in [-0.4, -0.2) is 27.3 Å². The van der Waals surface area contributed by atoms with E-state index in [9.17, 15) is 18.0 Å². The standard InChI is InChI=1S/C12H10F3N3OS3/c1-20-10-17-11(22-18-10)21-6-9(19)16-8-4-2-3-7(5-8)12(13,14)15/h2-5H,6H2,1H3,(H,16,19). The Hall–Kier alpha value is -1.26. The first-order chi connectivity index (χ1) is 10.4. The van der Waals surface area contributed by atoms with E-state index in [1.165, 1.54) is 47.2 Å². The van der Waals surface area contributed by atoms with Gasteiger partial charge in [0.2, 0.25) is 11.1 Å². The fraction of sp³-hybridized carbons (Fsp3) is 0.250. The lowest BCUT2D eigenvalue weighted by atomic mass is 10.2. The molecule has 0 saturated heterocycles. The molecule has 0 aliphatic heterocycles. The van der Waals surface area contributed by atoms with E-state index in [4.69, 9.17) is 0 Å². The average Bonchev–Trinajstić information content (AvgIpc) is 2.92. The van der Waals surface area contributed by atoms with E-state index in [0.29, 0.717) is 9.50 Å². The van der Waals surface area contributed by atoms with Crippen molar-refractivity contribution in [3.05, 3.63) is 29.8 Å². The summed E-state index contributed by atoms with van der Waals surface area (Å²) >= 11 is 3.77. The van der Waals surface area contributed by atoms with Crippen molar-refractivity contribution in [2.45, 2.75) is 15.7 Å². The number of thioether (sulfide) groups is 2. The van der Waals surface area contributed by atoms with Gasteiger partial charge in [0.15, 0.2) is 4.34 Å². The van der Waals surface area contributed by atoms with Gasteiger partial charge in [0.1, 0.15) is 0 Å². The highest BCUT2D eigenvalue weighted by Gasteiger charge is 2.30. The first kappa shape index (κ1) is 17.1. The average molecular weight is 365 g/mol. The van der Waals surface area contributed by atoms with E-state index in [1.807, 2.05) is 6.26 Å². The minimum absolute atomic E-state index is 0.0548. The Morgan fingerprint density at radius 3 is 2.82 bits per heavy atom. The summed E-state index contributed by atoms with van der Waals surface area (Å²) in [5.41, 5.74) is -0.686. The zero-order chi connectivity index (χ0) is 16.2. The van der Waals surface area contributed by atoms with E-state index in [0.717, 1.165) is 12.1 Å². The van der Waals surface area contributed by atoms with Gasteiger partial charge in [-0.05, 0) is 36.0 Å². The zero-order valence-corrected chi connectivity index (χ0v) is 13.6. The van der Waals surface area contributed by atoms with Gasteiger partial charge in [-0.2, -0.15) is 17.5 Å². The van der Waals surface area contributed by atoms with Crippen molar-refractivity contribution in [2.75, 3.05) is 17.3 Å². The molecule has 1 aromatic heterocycles. The van der Waals surface area contributed by atoms with Crippen molar-refractivity contribution in [3.8, 4) is 0 Å². The first-order valence-electron chi connectivity index (χ1n) is 5.86. The quantitative estimate of drug-likeness (QED) is 0.812. The fourth-order valence-corrected chi connectivity index (χ4v) is 3.45. The molecule has 0 atom stereocenters. The maximum atomic E-state index is 12.6. The van der Waals surface area contributed by atoms with Gasteiger partial charge in [-0.25, -0.2) is 4.98 Å². The van der Waals surface area contributed by atoms with E-state index < -0.39 is 17.6 Å². The molecule has 4 nitrogen and oxygen atoms in total. The number of rotatable bonds is 5. The van der Waals surface area contributed by atoms with Gasteiger partial charge in [0.25, 0.3) is 0 Å². The van der Waals surface area contributed by atoms with Crippen molar-refractivity contribution < 1.29 is 18.0 Å². The second kappa shape index (κ2) is 7.34. The van der Waals surface area contributed by atoms with Crippen LogP contribution in [0, 0.1) is 0 Å². The summed E-state index contributed by atoms with van der Waals surface area (Å²) in [6.07, 6.45) is -2.59. The number of carbonyl (C=O) groups is 1. The van der Waals surface area contributed by atoms with Crippen LogP contribution in [-0.2, 0) is 11.0 Å². The predicted octanol–water partition coefficient (Wildman–Crippen LogP) is 4.01. The van der Waals surface area contributed by atoms with Crippen molar-refractivity contribution in [2.24, 2.45) is 0 Å². The Morgan fingerprint density at radius 1 is 1.41 bits per heavy atom. The summed E-state index contributed by atoms with van der Waals surface area (Å²) < 4.78 is 42.4. The van der Waals surface area contributed by atoms with Crippen molar-refractivity contribution in [1.29, 1.82) is 0 Å². The molecule has 10 heteroatoms. The monoisotopic (exact) mass is 365 g/mol. The van der Waals surface area contributed by atoms with Crippen LogP contribution in [0.15, 0.2) is 33.8 Å². The van der Waals surface area contributed by atoms with Gasteiger partial charge in [0, 0.05) is 5.69 Å². The number of anilines is 1. The summed E-state index contributed by atoms with van der Waals surface area (Å²) in [5.74, 6) is -0.343. The second-order valence-corrected chi connectivity index (χ2v) is 6.71. The second-order valence-electron chi connectivity index (χ2n) is 3.96. The van der Waals surface area contributed by atoms with Crippen LogP contribution in [0.2, 0.25) is 0 Å². The third-order valence-electron chi connectivity index (χ3n) is 2.37. The molecule has 0 aliphatic carbocycles. The number of nitrogens with one attached hydrogen (secondary N) is 1. The van der Waals surface area contributed by atoms with Crippen LogP contribution < -0.4 is 5.32 Å². The molecule has 0 radical (unpaired) electrons. The topological polar surface area (TPSA) is 54.9 Å². The number of carbonyl (C=O) groups excluding carboxylic acids is 1. The van der Waals surface area contributed by atoms with Crippen LogP contribution >= 0.6 is 35.1 Å². The molecular weight excluding hydrogens is 355 g/mol. The Morgan fingerprint density at radius 2 is 2.18 bits per heavy atom. The predicted molar refractivity (Wildman–Crippen MR) is 82.5 cm³/mol. The Kier molecular flexibility index (Phi) is 5.70. The van der Waals surface area contributed by atoms with Gasteiger partial charge >= 0.3 is 6.18 Å². The molecule has 2 aromatic rings. The molecule has 0 aliphatic rings. The van der Waals surface area contributed by atoms with Gasteiger partial charge in [-0.3, -0.25) is 4.79 Å². The van der Waals surface area contributed by atoms with Gasteiger partial charge in [0.05, 0.1) is 11.3 Å². The number of amides is 1. The highest BCUT2D eigenvalue weighted by atomic mass is 32.2. The highest BCUT2D eigenvalue weighted by molar-refractivity contribution is 8.01. The van der Waals surface area contributed by atoms with E-state index in [-0.39, 0.29) is 11.4 Å².